The Kier molecular flexibility index (Phi) is 8.09. The molecule has 2 fully saturated rings. The number of primary amides is 1. The number of fused-ring (bicyclic) bond motifs is 2. The first-order valence-corrected chi connectivity index (χ1v) is 14.7. The summed E-state index contributed by atoms with van der Waals surface area (Å²) in [6.45, 7) is 11.8. The number of amides is 1. The van der Waals surface area contributed by atoms with E-state index in [2.05, 4.69) is 46.5 Å². The van der Waals surface area contributed by atoms with E-state index in [1.807, 2.05) is 12.1 Å². The molecule has 1 saturated heterocycles. The van der Waals surface area contributed by atoms with Gasteiger partial charge in [-0.05, 0) is 99.3 Å². The van der Waals surface area contributed by atoms with Crippen molar-refractivity contribution in [2.45, 2.75) is 75.8 Å². The Morgan fingerprint density at radius 1 is 1.32 bits per heavy atom. The van der Waals surface area contributed by atoms with Gasteiger partial charge in [0.05, 0.1) is 11.5 Å². The number of rotatable bonds is 9. The maximum Gasteiger partial charge on any atom is 0.438 e. The number of nitriles is 1. The molecule has 0 radical (unpaired) electrons. The number of nitrogens with two attached hydrogens (primary N) is 2. The number of likely N-dealkylation sites (tertiary alicyclic amines) is 1. The highest BCUT2D eigenvalue weighted by atomic mass is 16.5. The van der Waals surface area contributed by atoms with Crippen molar-refractivity contribution in [3.63, 3.8) is 0 Å². The van der Waals surface area contributed by atoms with Crippen LogP contribution in [0.2, 0.25) is 0 Å². The molecule has 2 aliphatic carbocycles. The van der Waals surface area contributed by atoms with Gasteiger partial charge in [0.2, 0.25) is 5.91 Å². The average molecular weight is 560 g/mol. The first-order valence-electron chi connectivity index (χ1n) is 14.7. The zero-order valence-corrected chi connectivity index (χ0v) is 23.8. The van der Waals surface area contributed by atoms with Gasteiger partial charge in [-0.25, -0.2) is 4.79 Å². The number of benzene rings is 1. The van der Waals surface area contributed by atoms with E-state index < -0.39 is 17.1 Å². The van der Waals surface area contributed by atoms with Crippen molar-refractivity contribution < 1.29 is 9.32 Å². The van der Waals surface area contributed by atoms with Gasteiger partial charge < -0.3 is 21.7 Å². The number of carbonyl (C=O) groups excluding carboxylic acids is 1. The number of aromatic nitrogens is 2. The summed E-state index contributed by atoms with van der Waals surface area (Å²) in [5, 5.41) is 17.5. The summed E-state index contributed by atoms with van der Waals surface area (Å²) in [6, 6.07) is 7.91. The molecule has 10 nitrogen and oxygen atoms in total. The predicted octanol–water partition coefficient (Wildman–Crippen LogP) is 3.07. The van der Waals surface area contributed by atoms with Gasteiger partial charge in [-0.3, -0.25) is 14.3 Å². The van der Waals surface area contributed by atoms with E-state index in [1.54, 1.807) is 6.07 Å². The molecule has 1 aromatic carbocycles. The highest BCUT2D eigenvalue weighted by Crippen LogP contribution is 2.55. The van der Waals surface area contributed by atoms with Crippen molar-refractivity contribution in [3.8, 4) is 6.07 Å². The number of allylic oxidation sites excluding steroid dienone is 1. The van der Waals surface area contributed by atoms with E-state index in [0.717, 1.165) is 68.3 Å². The molecule has 0 spiro atoms. The lowest BCUT2D eigenvalue weighted by Gasteiger charge is -2.47. The molecule has 2 aromatic rings. The third-order valence-electron chi connectivity index (χ3n) is 9.75. The number of H-pyrrole nitrogens is 1. The third-order valence-corrected chi connectivity index (χ3v) is 9.75. The Morgan fingerprint density at radius 3 is 2.80 bits per heavy atom. The molecule has 6 N–H and O–H groups in total. The van der Waals surface area contributed by atoms with Crippen molar-refractivity contribution in [1.29, 1.82) is 5.26 Å². The van der Waals surface area contributed by atoms with Crippen molar-refractivity contribution in [3.05, 3.63) is 75.8 Å². The summed E-state index contributed by atoms with van der Waals surface area (Å²) in [5.41, 5.74) is 15.4. The van der Waals surface area contributed by atoms with Gasteiger partial charge in [-0.1, -0.05) is 24.4 Å². The van der Waals surface area contributed by atoms with Crippen LogP contribution >= 0.6 is 0 Å². The SMILES string of the molecule is C=C(N)C1CCC2[C@@H](CCc3cc(C(N)=O)ccc3C2(C[C@@H](C)NCC(=C)N2CCCC2C#N)c2noc(=O)[nH]2)C1. The van der Waals surface area contributed by atoms with Crippen LogP contribution in [-0.2, 0) is 11.8 Å². The second kappa shape index (κ2) is 11.6. The zero-order valence-electron chi connectivity index (χ0n) is 23.8. The van der Waals surface area contributed by atoms with Crippen molar-refractivity contribution in [2.75, 3.05) is 13.1 Å². The lowest BCUT2D eigenvalue weighted by atomic mass is 9.57. The Balaban J connectivity index is 1.54. The lowest BCUT2D eigenvalue weighted by molar-refractivity contribution is 0.0999. The minimum atomic E-state index is -0.684. The van der Waals surface area contributed by atoms with Gasteiger partial charge in [-0.2, -0.15) is 5.26 Å². The van der Waals surface area contributed by atoms with Crippen molar-refractivity contribution in [1.82, 2.24) is 20.4 Å². The highest BCUT2D eigenvalue weighted by Gasteiger charge is 2.53. The minimum Gasteiger partial charge on any atom is -0.402 e. The molecule has 218 valence electrons. The third kappa shape index (κ3) is 5.43. The Bertz CT molecular complexity index is 1420. The first-order chi connectivity index (χ1) is 19.6. The smallest absolute Gasteiger partial charge is 0.402 e. The molecule has 1 aliphatic heterocycles. The molecular formula is C31H41N7O3. The van der Waals surface area contributed by atoms with Gasteiger partial charge in [0, 0.05) is 36.1 Å². The number of hydrogen-bond donors (Lipinski definition) is 4. The van der Waals surface area contributed by atoms with Crippen molar-refractivity contribution in [2.24, 2.45) is 29.2 Å². The molecule has 1 aromatic heterocycles. The average Bonchev–Trinajstić information content (AvgIpc) is 3.60. The highest BCUT2D eigenvalue weighted by molar-refractivity contribution is 5.93. The fraction of sp³-hybridized carbons (Fsp3) is 0.548. The number of aromatic amines is 1. The van der Waals surface area contributed by atoms with Gasteiger partial charge in [-0.15, -0.1) is 0 Å². The standard InChI is InChI=1S/C31H41N7O3/c1-18(35-17-19(2)38-12-4-5-25(38)16-32)15-31(29-36-30(40)41-37-29)26-10-8-21(20(3)33)13-22(26)6-7-23-14-24(28(34)39)9-11-27(23)31/h9,11,14,18,21-22,25-26,35H,2-8,10,12-13,15,17,33H2,1H3,(H2,34,39)(H,36,37,40)/t18-,21?,22+,25?,26?,31?/m1/s1. The molecule has 1 saturated carbocycles. The van der Waals surface area contributed by atoms with E-state index >= 15 is 0 Å². The second-order valence-corrected chi connectivity index (χ2v) is 12.2. The minimum absolute atomic E-state index is 0.0142. The van der Waals surface area contributed by atoms with Gasteiger partial charge >= 0.3 is 5.76 Å². The molecule has 6 atom stereocenters. The maximum atomic E-state index is 12.4. The van der Waals surface area contributed by atoms with E-state index in [1.165, 1.54) is 0 Å². The number of carbonyl (C=O) groups is 1. The van der Waals surface area contributed by atoms with E-state index in [0.29, 0.717) is 36.0 Å². The number of nitrogens with one attached hydrogen (secondary N) is 2. The normalized spacial score (nSPS) is 28.1. The van der Waals surface area contributed by atoms with Crippen molar-refractivity contribution >= 4 is 5.91 Å². The molecule has 41 heavy (non-hydrogen) atoms. The molecular weight excluding hydrogens is 518 g/mol. The number of aryl methyl sites for hydroxylation is 1. The predicted molar refractivity (Wildman–Crippen MR) is 155 cm³/mol. The Labute approximate surface area is 240 Å². The molecule has 4 unspecified atom stereocenters. The fourth-order valence-electron chi connectivity index (χ4n) is 7.81. The molecule has 10 heteroatoms. The van der Waals surface area contributed by atoms with Crippen LogP contribution in [0.5, 0.6) is 0 Å². The number of nitrogens with zero attached hydrogens (tertiary/aromatic N) is 3. The van der Waals surface area contributed by atoms with Crippen LogP contribution < -0.4 is 22.5 Å². The number of hydrogen-bond acceptors (Lipinski definition) is 8. The van der Waals surface area contributed by atoms with Crippen LogP contribution in [0.15, 0.2) is 52.1 Å². The quantitative estimate of drug-likeness (QED) is 0.364. The molecule has 1 amide bonds. The molecule has 5 rings (SSSR count). The molecule has 3 aliphatic rings. The zero-order chi connectivity index (χ0) is 29.3. The Morgan fingerprint density at radius 2 is 2.12 bits per heavy atom. The van der Waals surface area contributed by atoms with E-state index in [9.17, 15) is 14.9 Å². The second-order valence-electron chi connectivity index (χ2n) is 12.2. The summed E-state index contributed by atoms with van der Waals surface area (Å²) in [4.78, 5) is 29.6. The van der Waals surface area contributed by atoms with Gasteiger partial charge in [0.15, 0.2) is 5.82 Å². The van der Waals surface area contributed by atoms with Crippen LogP contribution in [-0.4, -0.2) is 46.1 Å². The van der Waals surface area contributed by atoms with Crippen LogP contribution in [0.3, 0.4) is 0 Å². The monoisotopic (exact) mass is 559 g/mol. The van der Waals surface area contributed by atoms with E-state index in [-0.39, 0.29) is 23.9 Å². The van der Waals surface area contributed by atoms with E-state index in [4.69, 9.17) is 16.0 Å². The summed E-state index contributed by atoms with van der Waals surface area (Å²) >= 11 is 0. The van der Waals surface area contributed by atoms with Crippen LogP contribution in [0.25, 0.3) is 0 Å². The first kappa shape index (κ1) is 28.7. The summed E-state index contributed by atoms with van der Waals surface area (Å²) < 4.78 is 5.13. The fourth-order valence-corrected chi connectivity index (χ4v) is 7.81. The maximum absolute atomic E-state index is 12.4. The Hall–Kier alpha value is -3.84. The van der Waals surface area contributed by atoms with Crippen LogP contribution in [0.4, 0.5) is 0 Å². The largest absolute Gasteiger partial charge is 0.438 e. The van der Waals surface area contributed by atoms with Crippen LogP contribution in [0.1, 0.15) is 79.2 Å². The van der Waals surface area contributed by atoms with Crippen LogP contribution in [0, 0.1) is 29.1 Å². The summed E-state index contributed by atoms with van der Waals surface area (Å²) in [5.74, 6) is 0.121. The van der Waals surface area contributed by atoms with Gasteiger partial charge in [0.1, 0.15) is 6.04 Å². The summed E-state index contributed by atoms with van der Waals surface area (Å²) in [6.07, 6.45) is 6.85. The topological polar surface area (TPSA) is 167 Å². The summed E-state index contributed by atoms with van der Waals surface area (Å²) in [7, 11) is 0. The molecule has 2 heterocycles. The molecule has 0 bridgehead atoms. The lowest BCUT2D eigenvalue weighted by Crippen LogP contribution is -2.48. The van der Waals surface area contributed by atoms with Gasteiger partial charge in [0.25, 0.3) is 0 Å².